The van der Waals surface area contributed by atoms with E-state index in [1.807, 2.05) is 0 Å². The van der Waals surface area contributed by atoms with Crippen molar-refractivity contribution in [2.75, 3.05) is 13.1 Å². The smallest absolute Gasteiger partial charge is 0.243 e. The highest BCUT2D eigenvalue weighted by molar-refractivity contribution is 7.89. The lowest BCUT2D eigenvalue weighted by Crippen LogP contribution is -2.22. The first kappa shape index (κ1) is 13.5. The van der Waals surface area contributed by atoms with Gasteiger partial charge in [-0.3, -0.25) is 4.68 Å². The number of rotatable bonds is 8. The molecule has 1 aliphatic carbocycles. The monoisotopic (exact) mass is 272 g/mol. The van der Waals surface area contributed by atoms with Crippen LogP contribution in [0.25, 0.3) is 0 Å². The van der Waals surface area contributed by atoms with Gasteiger partial charge in [-0.1, -0.05) is 6.92 Å². The van der Waals surface area contributed by atoms with Crippen LogP contribution in [0.15, 0.2) is 17.3 Å². The van der Waals surface area contributed by atoms with Gasteiger partial charge in [-0.25, -0.2) is 13.1 Å². The predicted molar refractivity (Wildman–Crippen MR) is 68.7 cm³/mol. The molecule has 0 amide bonds. The van der Waals surface area contributed by atoms with Crippen LogP contribution < -0.4 is 10.0 Å². The van der Waals surface area contributed by atoms with Crippen LogP contribution in [0.1, 0.15) is 26.2 Å². The second kappa shape index (κ2) is 5.81. The zero-order chi connectivity index (χ0) is 13.0. The summed E-state index contributed by atoms with van der Waals surface area (Å²) >= 11 is 0. The maximum absolute atomic E-state index is 11.7. The van der Waals surface area contributed by atoms with Crippen LogP contribution in [0, 0.1) is 0 Å². The van der Waals surface area contributed by atoms with E-state index >= 15 is 0 Å². The van der Waals surface area contributed by atoms with Crippen molar-refractivity contribution in [1.82, 2.24) is 19.8 Å². The molecule has 2 rings (SSSR count). The Morgan fingerprint density at radius 1 is 1.50 bits per heavy atom. The fraction of sp³-hybridized carbons (Fsp3) is 0.727. The highest BCUT2D eigenvalue weighted by atomic mass is 32.2. The zero-order valence-corrected chi connectivity index (χ0v) is 11.4. The summed E-state index contributed by atoms with van der Waals surface area (Å²) in [6, 6.07) is 0.715. The molecular formula is C11H20N4O2S. The third-order valence-corrected chi connectivity index (χ3v) is 4.33. The van der Waals surface area contributed by atoms with Crippen LogP contribution in [0.4, 0.5) is 0 Å². The van der Waals surface area contributed by atoms with Gasteiger partial charge in [0.1, 0.15) is 4.90 Å². The van der Waals surface area contributed by atoms with Gasteiger partial charge < -0.3 is 5.32 Å². The van der Waals surface area contributed by atoms with Crippen LogP contribution >= 0.6 is 0 Å². The van der Waals surface area contributed by atoms with Gasteiger partial charge in [0.05, 0.1) is 6.20 Å². The Hall–Kier alpha value is -0.920. The fourth-order valence-electron chi connectivity index (χ4n) is 1.71. The van der Waals surface area contributed by atoms with Gasteiger partial charge in [0.25, 0.3) is 0 Å². The minimum Gasteiger partial charge on any atom is -0.314 e. The third-order valence-electron chi connectivity index (χ3n) is 2.83. The third kappa shape index (κ3) is 3.79. The van der Waals surface area contributed by atoms with E-state index in [2.05, 4.69) is 15.1 Å². The molecule has 7 heteroatoms. The number of hydrogen-bond donors (Lipinski definition) is 2. The van der Waals surface area contributed by atoms with Gasteiger partial charge in [0.15, 0.2) is 0 Å². The number of nitrogens with one attached hydrogen (secondary N) is 2. The Labute approximate surface area is 108 Å². The van der Waals surface area contributed by atoms with E-state index in [4.69, 9.17) is 0 Å². The van der Waals surface area contributed by atoms with Crippen molar-refractivity contribution >= 4 is 10.0 Å². The SMILES string of the molecule is CCNS(=O)(=O)c1cnn(CCCNC2CC2)c1. The van der Waals surface area contributed by atoms with E-state index in [0.717, 1.165) is 19.5 Å². The first-order valence-corrected chi connectivity index (χ1v) is 7.85. The first-order chi connectivity index (χ1) is 8.62. The Balaban J connectivity index is 1.81. The van der Waals surface area contributed by atoms with Crippen molar-refractivity contribution in [1.29, 1.82) is 0 Å². The molecule has 1 saturated carbocycles. The highest BCUT2D eigenvalue weighted by Crippen LogP contribution is 2.18. The van der Waals surface area contributed by atoms with Crippen LogP contribution in [-0.2, 0) is 16.6 Å². The number of sulfonamides is 1. The lowest BCUT2D eigenvalue weighted by atomic mass is 10.4. The van der Waals surface area contributed by atoms with Gasteiger partial charge in [0.2, 0.25) is 10.0 Å². The van der Waals surface area contributed by atoms with Crippen LogP contribution in [0.2, 0.25) is 0 Å². The molecule has 102 valence electrons. The molecule has 18 heavy (non-hydrogen) atoms. The molecule has 0 radical (unpaired) electrons. The predicted octanol–water partition coefficient (Wildman–Crippen LogP) is 0.323. The molecule has 1 heterocycles. The number of aryl methyl sites for hydroxylation is 1. The average Bonchev–Trinajstić information content (AvgIpc) is 3.01. The molecule has 6 nitrogen and oxygen atoms in total. The maximum atomic E-state index is 11.7. The van der Waals surface area contributed by atoms with E-state index in [1.165, 1.54) is 19.0 Å². The molecule has 1 fully saturated rings. The summed E-state index contributed by atoms with van der Waals surface area (Å²) in [6.07, 6.45) is 6.50. The van der Waals surface area contributed by atoms with E-state index in [1.54, 1.807) is 17.8 Å². The average molecular weight is 272 g/mol. The Morgan fingerprint density at radius 2 is 2.28 bits per heavy atom. The van der Waals surface area contributed by atoms with Gasteiger partial charge in [0, 0.05) is 25.3 Å². The first-order valence-electron chi connectivity index (χ1n) is 6.37. The van der Waals surface area contributed by atoms with Gasteiger partial charge in [-0.05, 0) is 25.8 Å². The lowest BCUT2D eigenvalue weighted by molar-refractivity contribution is 0.541. The minimum absolute atomic E-state index is 0.236. The maximum Gasteiger partial charge on any atom is 0.243 e. The number of nitrogens with zero attached hydrogens (tertiary/aromatic N) is 2. The quantitative estimate of drug-likeness (QED) is 0.668. The molecule has 0 aromatic carbocycles. The Morgan fingerprint density at radius 3 is 2.94 bits per heavy atom. The van der Waals surface area contributed by atoms with Crippen molar-refractivity contribution in [3.05, 3.63) is 12.4 Å². The molecule has 0 saturated heterocycles. The van der Waals surface area contributed by atoms with Gasteiger partial charge in [-0.2, -0.15) is 5.10 Å². The summed E-state index contributed by atoms with van der Waals surface area (Å²) < 4.78 is 27.5. The van der Waals surface area contributed by atoms with Crippen molar-refractivity contribution in [3.8, 4) is 0 Å². The molecule has 1 aliphatic rings. The van der Waals surface area contributed by atoms with Crippen molar-refractivity contribution < 1.29 is 8.42 Å². The second-order valence-corrected chi connectivity index (χ2v) is 6.29. The zero-order valence-electron chi connectivity index (χ0n) is 10.6. The molecule has 2 N–H and O–H groups in total. The molecule has 0 spiro atoms. The van der Waals surface area contributed by atoms with Crippen molar-refractivity contribution in [2.45, 2.75) is 43.7 Å². The van der Waals surface area contributed by atoms with Gasteiger partial charge >= 0.3 is 0 Å². The second-order valence-electron chi connectivity index (χ2n) is 4.52. The molecule has 0 atom stereocenters. The van der Waals surface area contributed by atoms with E-state index < -0.39 is 10.0 Å². The number of aromatic nitrogens is 2. The van der Waals surface area contributed by atoms with Crippen LogP contribution in [0.3, 0.4) is 0 Å². The molecule has 1 aromatic rings. The van der Waals surface area contributed by atoms with E-state index in [0.29, 0.717) is 12.6 Å². The molecule has 0 aliphatic heterocycles. The molecule has 1 aromatic heterocycles. The Bertz CT molecular complexity index is 479. The number of hydrogen-bond acceptors (Lipinski definition) is 4. The molecule has 0 unspecified atom stereocenters. The van der Waals surface area contributed by atoms with Gasteiger partial charge in [-0.15, -0.1) is 0 Å². The summed E-state index contributed by atoms with van der Waals surface area (Å²) in [5.74, 6) is 0. The normalized spacial score (nSPS) is 16.1. The van der Waals surface area contributed by atoms with Crippen molar-refractivity contribution in [3.63, 3.8) is 0 Å². The highest BCUT2D eigenvalue weighted by Gasteiger charge is 2.19. The standard InChI is InChI=1S/C11H20N4O2S/c1-2-14-18(16,17)11-8-13-15(9-11)7-3-6-12-10-4-5-10/h8-10,12,14H,2-7H2,1H3. The molecule has 0 bridgehead atoms. The summed E-state index contributed by atoms with van der Waals surface area (Å²) in [5, 5.41) is 7.48. The topological polar surface area (TPSA) is 76.0 Å². The summed E-state index contributed by atoms with van der Waals surface area (Å²) in [6.45, 7) is 3.84. The van der Waals surface area contributed by atoms with E-state index in [-0.39, 0.29) is 4.90 Å². The fourth-order valence-corrected chi connectivity index (χ4v) is 2.71. The van der Waals surface area contributed by atoms with Crippen LogP contribution in [0.5, 0.6) is 0 Å². The van der Waals surface area contributed by atoms with Crippen LogP contribution in [-0.4, -0.2) is 37.3 Å². The lowest BCUT2D eigenvalue weighted by Gasteiger charge is -2.03. The summed E-state index contributed by atoms with van der Waals surface area (Å²) in [4.78, 5) is 0.236. The summed E-state index contributed by atoms with van der Waals surface area (Å²) in [5.41, 5.74) is 0. The minimum atomic E-state index is -3.37. The molecular weight excluding hydrogens is 252 g/mol. The van der Waals surface area contributed by atoms with E-state index in [9.17, 15) is 8.42 Å². The summed E-state index contributed by atoms with van der Waals surface area (Å²) in [7, 11) is -3.37. The largest absolute Gasteiger partial charge is 0.314 e. The Kier molecular flexibility index (Phi) is 4.36. The van der Waals surface area contributed by atoms with Crippen molar-refractivity contribution in [2.24, 2.45) is 0 Å².